The van der Waals surface area contributed by atoms with E-state index in [2.05, 4.69) is 4.90 Å². The van der Waals surface area contributed by atoms with Gasteiger partial charge in [0.15, 0.2) is 5.78 Å². The summed E-state index contributed by atoms with van der Waals surface area (Å²) in [5.41, 5.74) is 0.969. The van der Waals surface area contributed by atoms with E-state index in [-0.39, 0.29) is 11.9 Å². The Labute approximate surface area is 107 Å². The first kappa shape index (κ1) is 13.1. The zero-order valence-electron chi connectivity index (χ0n) is 10.9. The Morgan fingerprint density at radius 1 is 1.56 bits per heavy atom. The van der Waals surface area contributed by atoms with Crippen molar-refractivity contribution < 1.29 is 14.3 Å². The molecule has 98 valence electrons. The summed E-state index contributed by atoms with van der Waals surface area (Å²) in [6.07, 6.45) is 0.102. The number of carbonyl (C=O) groups excluding carboxylic acids is 1. The lowest BCUT2D eigenvalue weighted by atomic mass is 10.0. The smallest absolute Gasteiger partial charge is 0.167 e. The molecule has 1 saturated heterocycles. The monoisotopic (exact) mass is 249 g/mol. The van der Waals surface area contributed by atoms with Crippen LogP contribution >= 0.6 is 0 Å². The van der Waals surface area contributed by atoms with Gasteiger partial charge in [0.05, 0.1) is 13.7 Å². The minimum atomic E-state index is -0.296. The highest BCUT2D eigenvalue weighted by Crippen LogP contribution is 2.15. The van der Waals surface area contributed by atoms with Crippen molar-refractivity contribution in [3.63, 3.8) is 0 Å². The van der Waals surface area contributed by atoms with Crippen molar-refractivity contribution in [1.82, 2.24) is 4.90 Å². The number of hydrogen-bond donors (Lipinski definition) is 0. The summed E-state index contributed by atoms with van der Waals surface area (Å²) in [5.74, 6) is 0.914. The average Bonchev–Trinajstić information content (AvgIpc) is 2.39. The Bertz CT molecular complexity index is 419. The molecule has 1 aromatic carbocycles. The Kier molecular flexibility index (Phi) is 4.33. The molecule has 1 aromatic rings. The molecular formula is C14H19NO3. The summed E-state index contributed by atoms with van der Waals surface area (Å²) >= 11 is 0. The first-order chi connectivity index (χ1) is 8.69. The topological polar surface area (TPSA) is 38.8 Å². The highest BCUT2D eigenvalue weighted by Gasteiger charge is 2.24. The molecule has 2 rings (SSSR count). The molecule has 0 saturated carbocycles. The van der Waals surface area contributed by atoms with Gasteiger partial charge in [-0.2, -0.15) is 0 Å². The zero-order valence-corrected chi connectivity index (χ0v) is 10.9. The van der Waals surface area contributed by atoms with E-state index in [0.717, 1.165) is 17.9 Å². The fourth-order valence-corrected chi connectivity index (χ4v) is 2.07. The number of benzene rings is 1. The van der Waals surface area contributed by atoms with Gasteiger partial charge in [0, 0.05) is 19.5 Å². The number of likely N-dealkylation sites (N-methyl/N-ethyl adjacent to an activating group) is 1. The van der Waals surface area contributed by atoms with Gasteiger partial charge >= 0.3 is 0 Å². The number of ether oxygens (including phenoxy) is 2. The lowest BCUT2D eigenvalue weighted by Gasteiger charge is -2.29. The molecule has 1 fully saturated rings. The molecule has 0 N–H and O–H groups in total. The largest absolute Gasteiger partial charge is 0.497 e. The minimum Gasteiger partial charge on any atom is -0.497 e. The molecule has 18 heavy (non-hydrogen) atoms. The van der Waals surface area contributed by atoms with E-state index in [9.17, 15) is 4.79 Å². The predicted octanol–water partition coefficient (Wildman–Crippen LogP) is 1.14. The third-order valence-corrected chi connectivity index (χ3v) is 3.14. The molecular weight excluding hydrogens is 230 g/mol. The maximum absolute atomic E-state index is 12.1. The van der Waals surface area contributed by atoms with Crippen molar-refractivity contribution in [2.75, 3.05) is 33.9 Å². The van der Waals surface area contributed by atoms with Gasteiger partial charge in [-0.1, -0.05) is 12.1 Å². The van der Waals surface area contributed by atoms with Gasteiger partial charge in [-0.15, -0.1) is 0 Å². The number of rotatable bonds is 4. The van der Waals surface area contributed by atoms with Crippen LogP contribution in [0.25, 0.3) is 0 Å². The van der Waals surface area contributed by atoms with Crippen LogP contribution < -0.4 is 4.74 Å². The van der Waals surface area contributed by atoms with E-state index < -0.39 is 0 Å². The second kappa shape index (κ2) is 5.98. The average molecular weight is 249 g/mol. The van der Waals surface area contributed by atoms with Crippen LogP contribution in [0.15, 0.2) is 24.3 Å². The van der Waals surface area contributed by atoms with E-state index in [1.54, 1.807) is 7.11 Å². The number of hydrogen-bond acceptors (Lipinski definition) is 4. The van der Waals surface area contributed by atoms with Crippen LogP contribution in [0.5, 0.6) is 5.75 Å². The maximum atomic E-state index is 12.1. The van der Waals surface area contributed by atoms with Crippen LogP contribution in [-0.2, 0) is 16.0 Å². The lowest BCUT2D eigenvalue weighted by Crippen LogP contribution is -2.44. The first-order valence-corrected chi connectivity index (χ1v) is 6.15. The van der Waals surface area contributed by atoms with E-state index >= 15 is 0 Å². The molecule has 1 aliphatic heterocycles. The molecule has 1 aliphatic rings. The normalized spacial score (nSPS) is 20.7. The summed E-state index contributed by atoms with van der Waals surface area (Å²) in [7, 11) is 3.63. The van der Waals surface area contributed by atoms with Crippen molar-refractivity contribution in [1.29, 1.82) is 0 Å². The molecule has 0 bridgehead atoms. The molecule has 0 aromatic heterocycles. The third kappa shape index (κ3) is 3.31. The summed E-state index contributed by atoms with van der Waals surface area (Å²) in [6, 6.07) is 7.60. The summed E-state index contributed by atoms with van der Waals surface area (Å²) in [6.45, 7) is 2.21. The maximum Gasteiger partial charge on any atom is 0.167 e. The first-order valence-electron chi connectivity index (χ1n) is 6.15. The van der Waals surface area contributed by atoms with Crippen molar-refractivity contribution in [3.8, 4) is 5.75 Å². The number of nitrogens with zero attached hydrogens (tertiary/aromatic N) is 1. The molecule has 4 heteroatoms. The van der Waals surface area contributed by atoms with Crippen molar-refractivity contribution >= 4 is 5.78 Å². The number of ketones is 1. The summed E-state index contributed by atoms with van der Waals surface area (Å²) in [5, 5.41) is 0. The molecule has 4 nitrogen and oxygen atoms in total. The summed E-state index contributed by atoms with van der Waals surface area (Å²) in [4.78, 5) is 14.2. The fraction of sp³-hybridized carbons (Fsp3) is 0.500. The van der Waals surface area contributed by atoms with Crippen LogP contribution in [0.1, 0.15) is 5.56 Å². The molecule has 1 heterocycles. The fourth-order valence-electron chi connectivity index (χ4n) is 2.07. The molecule has 0 spiro atoms. The van der Waals surface area contributed by atoms with Crippen LogP contribution in [0.4, 0.5) is 0 Å². The van der Waals surface area contributed by atoms with Crippen molar-refractivity contribution in [2.45, 2.75) is 12.5 Å². The van der Waals surface area contributed by atoms with Gasteiger partial charge in [-0.3, -0.25) is 4.79 Å². The van der Waals surface area contributed by atoms with Gasteiger partial charge < -0.3 is 14.4 Å². The summed E-state index contributed by atoms with van der Waals surface area (Å²) < 4.78 is 10.7. The molecule has 0 radical (unpaired) electrons. The van der Waals surface area contributed by atoms with Gasteiger partial charge in [0.2, 0.25) is 0 Å². The lowest BCUT2D eigenvalue weighted by molar-refractivity contribution is -0.134. The number of carbonyl (C=O) groups is 1. The van der Waals surface area contributed by atoms with Crippen LogP contribution in [0.3, 0.4) is 0 Å². The molecule has 0 amide bonds. The van der Waals surface area contributed by atoms with E-state index in [4.69, 9.17) is 9.47 Å². The molecule has 1 unspecified atom stereocenters. The zero-order chi connectivity index (χ0) is 13.0. The number of methoxy groups -OCH3 is 1. The van der Waals surface area contributed by atoms with Crippen molar-refractivity contribution in [2.24, 2.45) is 0 Å². The van der Waals surface area contributed by atoms with E-state index in [0.29, 0.717) is 19.6 Å². The number of morpholine rings is 1. The molecule has 0 aliphatic carbocycles. The number of Topliss-reactive ketones (excluding diaryl/α,β-unsaturated/α-hetero) is 1. The minimum absolute atomic E-state index is 0.134. The SMILES string of the molecule is COc1cccc(CC(=O)C2CN(C)CCO2)c1. The van der Waals surface area contributed by atoms with Gasteiger partial charge in [-0.25, -0.2) is 0 Å². The van der Waals surface area contributed by atoms with E-state index in [1.165, 1.54) is 0 Å². The van der Waals surface area contributed by atoms with Crippen molar-refractivity contribution in [3.05, 3.63) is 29.8 Å². The van der Waals surface area contributed by atoms with Gasteiger partial charge in [0.1, 0.15) is 11.9 Å². The van der Waals surface area contributed by atoms with E-state index in [1.807, 2.05) is 31.3 Å². The standard InChI is InChI=1S/C14H19NO3/c1-15-6-7-18-14(10-15)13(16)9-11-4-3-5-12(8-11)17-2/h3-5,8,14H,6-7,9-10H2,1-2H3. The van der Waals surface area contributed by atoms with Gasteiger partial charge in [-0.05, 0) is 24.7 Å². The third-order valence-electron chi connectivity index (χ3n) is 3.14. The van der Waals surface area contributed by atoms with Gasteiger partial charge in [0.25, 0.3) is 0 Å². The van der Waals surface area contributed by atoms with Crippen LogP contribution in [0.2, 0.25) is 0 Å². The second-order valence-electron chi connectivity index (χ2n) is 4.62. The molecule has 1 atom stereocenters. The van der Waals surface area contributed by atoms with Crippen LogP contribution in [-0.4, -0.2) is 50.6 Å². The second-order valence-corrected chi connectivity index (χ2v) is 4.62. The quantitative estimate of drug-likeness (QED) is 0.802. The highest BCUT2D eigenvalue weighted by atomic mass is 16.5. The Hall–Kier alpha value is -1.39. The Morgan fingerprint density at radius 2 is 2.39 bits per heavy atom. The highest BCUT2D eigenvalue weighted by molar-refractivity contribution is 5.85. The predicted molar refractivity (Wildman–Crippen MR) is 68.9 cm³/mol. The Balaban J connectivity index is 1.97. The Morgan fingerprint density at radius 3 is 3.11 bits per heavy atom. The van der Waals surface area contributed by atoms with Crippen LogP contribution in [0, 0.1) is 0 Å².